The molecule has 9 nitrogen and oxygen atoms in total. The van der Waals surface area contributed by atoms with Crippen LogP contribution >= 0.6 is 0 Å². The van der Waals surface area contributed by atoms with Gasteiger partial charge in [-0.25, -0.2) is 0 Å². The number of benzene rings is 2. The molecule has 0 aliphatic heterocycles. The summed E-state index contributed by atoms with van der Waals surface area (Å²) in [6.45, 7) is 1.48. The number of carbonyl (C=O) groups is 4. The molecule has 0 bridgehead atoms. The van der Waals surface area contributed by atoms with Crippen molar-refractivity contribution in [3.63, 3.8) is 0 Å². The summed E-state index contributed by atoms with van der Waals surface area (Å²) in [5.74, 6) is -2.28. The monoisotopic (exact) mass is 503 g/mol. The third kappa shape index (κ3) is 7.73. The number of nitrogens with one attached hydrogen (secondary N) is 2. The van der Waals surface area contributed by atoms with Gasteiger partial charge >= 0.3 is 5.97 Å². The van der Waals surface area contributed by atoms with Crippen molar-refractivity contribution < 1.29 is 24.3 Å². The van der Waals surface area contributed by atoms with Crippen molar-refractivity contribution in [1.29, 1.82) is 0 Å². The molecule has 3 rings (SSSR count). The standard InChI is InChI=1S/C28H29N3O6/c1-19(27(36)29-22(18-32)17-26(34)35)31-23(16-21-10-6-3-7-11-21)13-14-24(28(31)37)30-25(33)15-12-20-8-4-2-5-9-20/h2-11,13-14,18-19,22H,12,15-17H2,1H3,(H,29,36)(H,30,33)(H,34,35)/t19?,22-/m1/s1. The molecule has 0 saturated carbocycles. The van der Waals surface area contributed by atoms with Crippen LogP contribution in [0, 0.1) is 0 Å². The smallest absolute Gasteiger partial charge is 0.305 e. The lowest BCUT2D eigenvalue weighted by Crippen LogP contribution is -2.44. The van der Waals surface area contributed by atoms with Gasteiger partial charge in [0.05, 0.1) is 12.5 Å². The fraction of sp³-hybridized carbons (Fsp3) is 0.250. The Morgan fingerprint density at radius 3 is 2.16 bits per heavy atom. The predicted molar refractivity (Wildman–Crippen MR) is 138 cm³/mol. The minimum Gasteiger partial charge on any atom is -0.481 e. The Morgan fingerprint density at radius 2 is 1.57 bits per heavy atom. The van der Waals surface area contributed by atoms with E-state index in [1.807, 2.05) is 60.7 Å². The maximum atomic E-state index is 13.5. The van der Waals surface area contributed by atoms with Crippen molar-refractivity contribution in [1.82, 2.24) is 9.88 Å². The number of nitrogens with zero attached hydrogens (tertiary/aromatic N) is 1. The molecule has 0 saturated heterocycles. The minimum atomic E-state index is -1.24. The quantitative estimate of drug-likeness (QED) is 0.325. The topological polar surface area (TPSA) is 135 Å². The molecule has 192 valence electrons. The van der Waals surface area contributed by atoms with E-state index in [1.165, 1.54) is 17.6 Å². The number of carboxylic acid groups (broad SMARTS) is 1. The zero-order valence-electron chi connectivity index (χ0n) is 20.4. The maximum Gasteiger partial charge on any atom is 0.305 e. The van der Waals surface area contributed by atoms with Gasteiger partial charge < -0.3 is 20.5 Å². The van der Waals surface area contributed by atoms with Crippen LogP contribution in [0.3, 0.4) is 0 Å². The van der Waals surface area contributed by atoms with Gasteiger partial charge in [-0.15, -0.1) is 0 Å². The molecule has 0 aliphatic carbocycles. The highest BCUT2D eigenvalue weighted by atomic mass is 16.4. The Labute approximate surface area is 214 Å². The number of aromatic nitrogens is 1. The summed E-state index contributed by atoms with van der Waals surface area (Å²) in [7, 11) is 0. The summed E-state index contributed by atoms with van der Waals surface area (Å²) in [6, 6.07) is 19.7. The van der Waals surface area contributed by atoms with Crippen LogP contribution in [0.25, 0.3) is 0 Å². The van der Waals surface area contributed by atoms with Crippen molar-refractivity contribution in [2.24, 2.45) is 0 Å². The van der Waals surface area contributed by atoms with E-state index in [4.69, 9.17) is 5.11 Å². The number of hydrogen-bond donors (Lipinski definition) is 3. The van der Waals surface area contributed by atoms with Crippen LogP contribution in [0.4, 0.5) is 5.69 Å². The molecule has 9 heteroatoms. The molecule has 3 aromatic rings. The van der Waals surface area contributed by atoms with Crippen LogP contribution in [0.5, 0.6) is 0 Å². The van der Waals surface area contributed by atoms with Gasteiger partial charge in [0.15, 0.2) is 0 Å². The molecular formula is C28H29N3O6. The van der Waals surface area contributed by atoms with Crippen LogP contribution in [0.2, 0.25) is 0 Å². The van der Waals surface area contributed by atoms with Crippen LogP contribution in [0.1, 0.15) is 42.6 Å². The fourth-order valence-corrected chi connectivity index (χ4v) is 3.92. The van der Waals surface area contributed by atoms with Crippen molar-refractivity contribution in [3.8, 4) is 0 Å². The molecular weight excluding hydrogens is 474 g/mol. The molecule has 0 aliphatic rings. The Kier molecular flexibility index (Phi) is 9.48. The van der Waals surface area contributed by atoms with Gasteiger partial charge in [0, 0.05) is 18.5 Å². The number of carbonyl (C=O) groups excluding carboxylic acids is 3. The molecule has 0 spiro atoms. The Balaban J connectivity index is 1.87. The molecule has 3 N–H and O–H groups in total. The van der Waals surface area contributed by atoms with E-state index in [1.54, 1.807) is 6.07 Å². The highest BCUT2D eigenvalue weighted by molar-refractivity contribution is 5.91. The molecule has 2 atom stereocenters. The maximum absolute atomic E-state index is 13.5. The summed E-state index contributed by atoms with van der Waals surface area (Å²) in [6.07, 6.45) is 0.771. The van der Waals surface area contributed by atoms with Crippen LogP contribution in [-0.4, -0.2) is 39.8 Å². The van der Waals surface area contributed by atoms with Crippen LogP contribution < -0.4 is 16.2 Å². The predicted octanol–water partition coefficient (Wildman–Crippen LogP) is 2.73. The van der Waals surface area contributed by atoms with Crippen molar-refractivity contribution in [2.75, 3.05) is 5.32 Å². The number of carboxylic acids is 1. The van der Waals surface area contributed by atoms with Gasteiger partial charge in [-0.05, 0) is 36.6 Å². The van der Waals surface area contributed by atoms with E-state index in [0.29, 0.717) is 24.8 Å². The number of aliphatic carboxylic acids is 1. The number of aldehydes is 1. The Morgan fingerprint density at radius 1 is 0.946 bits per heavy atom. The molecule has 0 radical (unpaired) electrons. The van der Waals surface area contributed by atoms with E-state index in [-0.39, 0.29) is 18.0 Å². The second-order valence-electron chi connectivity index (χ2n) is 8.63. The first-order chi connectivity index (χ1) is 17.8. The van der Waals surface area contributed by atoms with E-state index in [0.717, 1.165) is 11.1 Å². The van der Waals surface area contributed by atoms with E-state index >= 15 is 0 Å². The summed E-state index contributed by atoms with van der Waals surface area (Å²) in [4.78, 5) is 61.2. The lowest BCUT2D eigenvalue weighted by atomic mass is 10.1. The van der Waals surface area contributed by atoms with Gasteiger partial charge in [0.2, 0.25) is 11.8 Å². The lowest BCUT2D eigenvalue weighted by molar-refractivity contribution is -0.139. The largest absolute Gasteiger partial charge is 0.481 e. The average molecular weight is 504 g/mol. The second kappa shape index (κ2) is 13.0. The van der Waals surface area contributed by atoms with Crippen molar-refractivity contribution >= 4 is 29.8 Å². The summed E-state index contributed by atoms with van der Waals surface area (Å²) in [5, 5.41) is 14.0. The van der Waals surface area contributed by atoms with E-state index < -0.39 is 35.9 Å². The zero-order chi connectivity index (χ0) is 26.8. The van der Waals surface area contributed by atoms with Gasteiger partial charge in [-0.3, -0.25) is 23.7 Å². The molecule has 0 fully saturated rings. The zero-order valence-corrected chi connectivity index (χ0v) is 20.4. The third-order valence-electron chi connectivity index (χ3n) is 5.84. The molecule has 1 heterocycles. The van der Waals surface area contributed by atoms with Crippen molar-refractivity contribution in [3.05, 3.63) is 100.0 Å². The van der Waals surface area contributed by atoms with E-state index in [2.05, 4.69) is 10.6 Å². The lowest BCUT2D eigenvalue weighted by Gasteiger charge is -2.22. The van der Waals surface area contributed by atoms with Crippen LogP contribution in [-0.2, 0) is 32.0 Å². The third-order valence-corrected chi connectivity index (χ3v) is 5.84. The van der Waals surface area contributed by atoms with E-state index in [9.17, 15) is 24.0 Å². The van der Waals surface area contributed by atoms with Gasteiger partial charge in [0.25, 0.3) is 5.56 Å². The van der Waals surface area contributed by atoms with Gasteiger partial charge in [0.1, 0.15) is 18.0 Å². The first-order valence-electron chi connectivity index (χ1n) is 11.9. The van der Waals surface area contributed by atoms with Crippen LogP contribution in [0.15, 0.2) is 77.6 Å². The molecule has 37 heavy (non-hydrogen) atoms. The highest BCUT2D eigenvalue weighted by Crippen LogP contribution is 2.16. The summed E-state index contributed by atoms with van der Waals surface area (Å²) in [5.41, 5.74) is 1.85. The minimum absolute atomic E-state index is 0.0204. The summed E-state index contributed by atoms with van der Waals surface area (Å²) < 4.78 is 1.26. The number of anilines is 1. The van der Waals surface area contributed by atoms with Crippen molar-refractivity contribution in [2.45, 2.75) is 44.7 Å². The van der Waals surface area contributed by atoms with Gasteiger partial charge in [-0.2, -0.15) is 0 Å². The molecule has 1 aromatic heterocycles. The number of pyridine rings is 1. The second-order valence-corrected chi connectivity index (χ2v) is 8.63. The summed E-state index contributed by atoms with van der Waals surface area (Å²) >= 11 is 0. The number of hydrogen-bond acceptors (Lipinski definition) is 5. The van der Waals surface area contributed by atoms with Gasteiger partial charge in [-0.1, -0.05) is 60.7 Å². The number of aryl methyl sites for hydroxylation is 1. The Bertz CT molecular complexity index is 1300. The molecule has 2 amide bonds. The number of amides is 2. The number of rotatable bonds is 12. The molecule has 1 unspecified atom stereocenters. The normalized spacial score (nSPS) is 12.2. The highest BCUT2D eigenvalue weighted by Gasteiger charge is 2.24. The first-order valence-corrected chi connectivity index (χ1v) is 11.9. The fourth-order valence-electron chi connectivity index (χ4n) is 3.92. The Hall–Kier alpha value is -4.53. The molecule has 2 aromatic carbocycles. The first kappa shape index (κ1) is 27.1. The average Bonchev–Trinajstić information content (AvgIpc) is 2.89. The SMILES string of the molecule is CC(C(=O)N[C@@H](C=O)CC(=O)O)n1c(Cc2ccccc2)ccc(NC(=O)CCc2ccccc2)c1=O.